The summed E-state index contributed by atoms with van der Waals surface area (Å²) in [6, 6.07) is 15.6. The molecule has 10 heteroatoms. The number of piperidine rings is 2. The molecule has 4 rings (SSSR count). The minimum Gasteiger partial charge on any atom is -0.457 e. The van der Waals surface area contributed by atoms with Gasteiger partial charge in [0, 0.05) is 44.0 Å². The Hall–Kier alpha value is -2.82. The molecule has 0 aromatic heterocycles. The van der Waals surface area contributed by atoms with E-state index >= 15 is 0 Å². The number of nitrogens with one attached hydrogen (secondary N) is 3. The number of urea groups is 1. The Morgan fingerprint density at radius 2 is 1.62 bits per heavy atom. The van der Waals surface area contributed by atoms with Gasteiger partial charge in [0.15, 0.2) is 0 Å². The lowest BCUT2D eigenvalue weighted by Crippen LogP contribution is -2.54. The molecule has 2 amide bonds. The maximum Gasteiger partial charge on any atom is 0.317 e. The number of hydrogen-bond donors (Lipinski definition) is 3. The highest BCUT2D eigenvalue weighted by Crippen LogP contribution is 2.25. The van der Waals surface area contributed by atoms with Crippen molar-refractivity contribution >= 4 is 21.7 Å². The maximum atomic E-state index is 13.2. The van der Waals surface area contributed by atoms with Crippen LogP contribution in [0.4, 0.5) is 10.5 Å². The molecule has 0 radical (unpaired) electrons. The lowest BCUT2D eigenvalue weighted by molar-refractivity contribution is 0.113. The number of carbonyl (C=O) groups excluding carboxylic acids is 1. The fourth-order valence-corrected chi connectivity index (χ4v) is 5.82. The van der Waals surface area contributed by atoms with E-state index in [9.17, 15) is 13.2 Å². The van der Waals surface area contributed by atoms with Crippen LogP contribution < -0.4 is 20.1 Å². The van der Waals surface area contributed by atoms with Gasteiger partial charge in [0.2, 0.25) is 10.0 Å². The van der Waals surface area contributed by atoms with Crippen LogP contribution in [0.1, 0.15) is 51.0 Å². The van der Waals surface area contributed by atoms with Crippen molar-refractivity contribution in [2.45, 2.75) is 64.1 Å². The molecule has 2 aromatic carbocycles. The Morgan fingerprint density at radius 3 is 2.21 bits per heavy atom. The number of nitrogens with zero attached hydrogens (tertiary/aromatic N) is 2. The molecule has 0 aliphatic carbocycles. The van der Waals surface area contributed by atoms with Crippen molar-refractivity contribution < 1.29 is 17.9 Å². The zero-order chi connectivity index (χ0) is 27.7. The Kier molecular flexibility index (Phi) is 10.5. The highest BCUT2D eigenvalue weighted by Gasteiger charge is 2.29. The third-order valence-corrected chi connectivity index (χ3v) is 8.01. The Bertz CT molecular complexity index is 1140. The number of benzene rings is 2. The topological polar surface area (TPSA) is 103 Å². The van der Waals surface area contributed by atoms with E-state index in [4.69, 9.17) is 4.74 Å². The van der Waals surface area contributed by atoms with Crippen LogP contribution in [-0.4, -0.2) is 75.3 Å². The summed E-state index contributed by atoms with van der Waals surface area (Å²) >= 11 is 0. The lowest BCUT2D eigenvalue weighted by Gasteiger charge is -2.39. The summed E-state index contributed by atoms with van der Waals surface area (Å²) in [5.74, 6) is 1.37. The molecule has 3 N–H and O–H groups in total. The van der Waals surface area contributed by atoms with E-state index in [1.54, 1.807) is 24.3 Å². The second-order valence-electron chi connectivity index (χ2n) is 10.7. The fourth-order valence-electron chi connectivity index (χ4n) is 5.25. The van der Waals surface area contributed by atoms with E-state index in [0.717, 1.165) is 89.8 Å². The zero-order valence-electron chi connectivity index (χ0n) is 23.2. The van der Waals surface area contributed by atoms with Gasteiger partial charge in [-0.2, -0.15) is 0 Å². The van der Waals surface area contributed by atoms with Crippen LogP contribution in [0.25, 0.3) is 0 Å². The summed E-state index contributed by atoms with van der Waals surface area (Å²) in [6.07, 6.45) is 7.25. The fraction of sp³-hybridized carbons (Fsp3) is 0.552. The van der Waals surface area contributed by atoms with Gasteiger partial charge in [0.05, 0.1) is 6.26 Å². The lowest BCUT2D eigenvalue weighted by atomic mass is 10.0. The van der Waals surface area contributed by atoms with E-state index in [-0.39, 0.29) is 12.1 Å². The van der Waals surface area contributed by atoms with Crippen LogP contribution in [0.2, 0.25) is 0 Å². The molecule has 2 aromatic rings. The average Bonchev–Trinajstić information content (AvgIpc) is 2.92. The van der Waals surface area contributed by atoms with E-state index < -0.39 is 10.0 Å². The van der Waals surface area contributed by atoms with Gasteiger partial charge < -0.3 is 20.3 Å². The summed E-state index contributed by atoms with van der Waals surface area (Å²) < 4.78 is 31.1. The second-order valence-corrected chi connectivity index (χ2v) is 12.4. The number of amides is 2. The van der Waals surface area contributed by atoms with Crippen molar-refractivity contribution in [3.8, 4) is 11.5 Å². The van der Waals surface area contributed by atoms with Crippen LogP contribution in [0, 0.1) is 0 Å². The van der Waals surface area contributed by atoms with Crippen molar-refractivity contribution in [2.75, 3.05) is 43.7 Å². The standard InChI is InChI=1S/C29H43N5O4S/c1-3-4-19-34(29(35)31-24-13-17-30-18-14-24)26-15-20-33(21-16-26)22-23-5-9-27(10-6-23)38-28-11-7-25(8-12-28)32-39(2,36)37/h5-12,24,26,30,32H,3-4,13-22H2,1-2H3,(H,31,35). The molecule has 0 spiro atoms. The molecule has 2 aliphatic heterocycles. The smallest absolute Gasteiger partial charge is 0.317 e. The molecule has 9 nitrogen and oxygen atoms in total. The summed E-state index contributed by atoms with van der Waals surface area (Å²) in [5, 5.41) is 6.67. The van der Waals surface area contributed by atoms with Crippen LogP contribution >= 0.6 is 0 Å². The maximum absolute atomic E-state index is 13.2. The third-order valence-electron chi connectivity index (χ3n) is 7.40. The number of likely N-dealkylation sites (tertiary alicyclic amines) is 1. The molecule has 2 aliphatic rings. The first kappa shape index (κ1) is 29.2. The minimum absolute atomic E-state index is 0.116. The highest BCUT2D eigenvalue weighted by atomic mass is 32.2. The molecule has 2 fully saturated rings. The predicted molar refractivity (Wildman–Crippen MR) is 156 cm³/mol. The first-order valence-electron chi connectivity index (χ1n) is 14.1. The monoisotopic (exact) mass is 557 g/mol. The highest BCUT2D eigenvalue weighted by molar-refractivity contribution is 7.92. The number of unbranched alkanes of at least 4 members (excludes halogenated alkanes) is 1. The van der Waals surface area contributed by atoms with E-state index in [2.05, 4.69) is 44.2 Å². The summed E-state index contributed by atoms with van der Waals surface area (Å²) in [7, 11) is -3.30. The van der Waals surface area contributed by atoms with Gasteiger partial charge in [-0.05, 0) is 87.2 Å². The first-order valence-corrected chi connectivity index (χ1v) is 16.0. The Balaban J connectivity index is 1.25. The molecule has 2 heterocycles. The quantitative estimate of drug-likeness (QED) is 0.379. The van der Waals surface area contributed by atoms with Crippen LogP contribution in [0.15, 0.2) is 48.5 Å². The van der Waals surface area contributed by atoms with Gasteiger partial charge >= 0.3 is 6.03 Å². The van der Waals surface area contributed by atoms with Gasteiger partial charge in [0.25, 0.3) is 0 Å². The van der Waals surface area contributed by atoms with Crippen molar-refractivity contribution in [3.05, 3.63) is 54.1 Å². The number of carbonyl (C=O) groups is 1. The van der Waals surface area contributed by atoms with Gasteiger partial charge in [-0.15, -0.1) is 0 Å². The van der Waals surface area contributed by atoms with E-state index in [1.165, 1.54) is 5.56 Å². The molecule has 2 saturated heterocycles. The molecule has 0 bridgehead atoms. The Morgan fingerprint density at radius 1 is 1.00 bits per heavy atom. The molecule has 39 heavy (non-hydrogen) atoms. The summed E-state index contributed by atoms with van der Waals surface area (Å²) in [6.45, 7) is 7.77. The van der Waals surface area contributed by atoms with Gasteiger partial charge in [-0.1, -0.05) is 25.5 Å². The third kappa shape index (κ3) is 9.40. The summed E-state index contributed by atoms with van der Waals surface area (Å²) in [4.78, 5) is 17.7. The first-order chi connectivity index (χ1) is 18.8. The van der Waals surface area contributed by atoms with E-state index in [0.29, 0.717) is 17.5 Å². The molecular formula is C29H43N5O4S. The van der Waals surface area contributed by atoms with Gasteiger partial charge in [0.1, 0.15) is 11.5 Å². The van der Waals surface area contributed by atoms with Crippen LogP contribution in [0.3, 0.4) is 0 Å². The minimum atomic E-state index is -3.30. The number of ether oxygens (including phenoxy) is 1. The van der Waals surface area contributed by atoms with Crippen molar-refractivity contribution in [1.29, 1.82) is 0 Å². The molecular weight excluding hydrogens is 514 g/mol. The van der Waals surface area contributed by atoms with Crippen molar-refractivity contribution in [1.82, 2.24) is 20.4 Å². The summed E-state index contributed by atoms with van der Waals surface area (Å²) in [5.41, 5.74) is 1.72. The molecule has 0 saturated carbocycles. The molecule has 0 atom stereocenters. The largest absolute Gasteiger partial charge is 0.457 e. The number of anilines is 1. The number of hydrogen-bond acceptors (Lipinski definition) is 6. The Labute approximate surface area is 233 Å². The second kappa shape index (κ2) is 14.0. The van der Waals surface area contributed by atoms with Crippen LogP contribution in [0.5, 0.6) is 11.5 Å². The van der Waals surface area contributed by atoms with Crippen molar-refractivity contribution in [3.63, 3.8) is 0 Å². The molecule has 0 unspecified atom stereocenters. The number of sulfonamides is 1. The van der Waals surface area contributed by atoms with Crippen molar-refractivity contribution in [2.24, 2.45) is 0 Å². The predicted octanol–water partition coefficient (Wildman–Crippen LogP) is 4.38. The van der Waals surface area contributed by atoms with Gasteiger partial charge in [-0.3, -0.25) is 9.62 Å². The van der Waals surface area contributed by atoms with E-state index in [1.807, 2.05) is 12.1 Å². The normalized spacial score (nSPS) is 17.5. The molecule has 214 valence electrons. The average molecular weight is 558 g/mol. The number of rotatable bonds is 11. The SMILES string of the molecule is CCCCN(C(=O)NC1CCNCC1)C1CCN(Cc2ccc(Oc3ccc(NS(C)(=O)=O)cc3)cc2)CC1. The zero-order valence-corrected chi connectivity index (χ0v) is 24.0. The van der Waals surface area contributed by atoms with Gasteiger partial charge in [-0.25, -0.2) is 13.2 Å². The van der Waals surface area contributed by atoms with Crippen LogP contribution in [-0.2, 0) is 16.6 Å².